The lowest BCUT2D eigenvalue weighted by molar-refractivity contribution is 0.230. The molecule has 8 nitrogen and oxygen atoms in total. The average Bonchev–Trinajstić information content (AvgIpc) is 3.16. The van der Waals surface area contributed by atoms with E-state index in [4.69, 9.17) is 0 Å². The Morgan fingerprint density at radius 2 is 1.84 bits per heavy atom. The van der Waals surface area contributed by atoms with E-state index in [9.17, 15) is 5.11 Å². The standard InChI is InChI=1S/C23H23N7OS/c1-12-8-16-14(3)24-21(26-19(16)9-13(12)2)30-22-25-15(10-20(31)29-22)11-32-23-27-17-6-4-5-7-18(17)28-23/h4-10,20,31H,11H2,1-3H3,(H,27,28)(H2,24,25,26,29,30). The lowest BCUT2D eigenvalue weighted by Crippen LogP contribution is -2.36. The van der Waals surface area contributed by atoms with Gasteiger partial charge in [0, 0.05) is 16.8 Å². The van der Waals surface area contributed by atoms with E-state index in [2.05, 4.69) is 61.5 Å². The summed E-state index contributed by atoms with van der Waals surface area (Å²) in [5.74, 6) is 1.43. The molecule has 0 bridgehead atoms. The van der Waals surface area contributed by atoms with Crippen molar-refractivity contribution in [3.05, 3.63) is 65.0 Å². The molecular weight excluding hydrogens is 422 g/mol. The summed E-state index contributed by atoms with van der Waals surface area (Å²) in [5, 5.41) is 18.4. The molecule has 0 radical (unpaired) electrons. The molecule has 5 rings (SSSR count). The maximum Gasteiger partial charge on any atom is 0.230 e. The second kappa shape index (κ2) is 8.25. The molecule has 162 valence electrons. The van der Waals surface area contributed by atoms with Crippen molar-refractivity contribution in [1.29, 1.82) is 0 Å². The first kappa shape index (κ1) is 20.5. The van der Waals surface area contributed by atoms with E-state index in [1.807, 2.05) is 31.2 Å². The summed E-state index contributed by atoms with van der Waals surface area (Å²) in [7, 11) is 0. The molecule has 3 heterocycles. The number of fused-ring (bicyclic) bond motifs is 2. The second-order valence-corrected chi connectivity index (χ2v) is 8.73. The third-order valence-electron chi connectivity index (χ3n) is 5.35. The third kappa shape index (κ3) is 4.17. The maximum absolute atomic E-state index is 10.2. The molecule has 1 atom stereocenters. The van der Waals surface area contributed by atoms with Gasteiger partial charge in [-0.1, -0.05) is 23.9 Å². The van der Waals surface area contributed by atoms with Gasteiger partial charge >= 0.3 is 0 Å². The fourth-order valence-corrected chi connectivity index (χ4v) is 4.38. The lowest BCUT2D eigenvalue weighted by Gasteiger charge is -2.20. The van der Waals surface area contributed by atoms with Crippen molar-refractivity contribution >= 4 is 45.6 Å². The maximum atomic E-state index is 10.2. The first-order valence-corrected chi connectivity index (χ1v) is 11.3. The highest BCUT2D eigenvalue weighted by atomic mass is 32.2. The Hall–Kier alpha value is -3.43. The van der Waals surface area contributed by atoms with Gasteiger partial charge in [0.25, 0.3) is 0 Å². The number of benzene rings is 2. The first-order valence-electron chi connectivity index (χ1n) is 10.3. The molecule has 32 heavy (non-hydrogen) atoms. The van der Waals surface area contributed by atoms with Crippen LogP contribution in [0.25, 0.3) is 21.9 Å². The molecule has 0 fully saturated rings. The summed E-state index contributed by atoms with van der Waals surface area (Å²) >= 11 is 1.55. The Bertz CT molecular complexity index is 1360. The van der Waals surface area contributed by atoms with Gasteiger partial charge in [-0.05, 0) is 62.2 Å². The van der Waals surface area contributed by atoms with E-state index in [1.54, 1.807) is 17.8 Å². The van der Waals surface area contributed by atoms with Crippen LogP contribution in [-0.4, -0.2) is 43.0 Å². The van der Waals surface area contributed by atoms with E-state index in [-0.39, 0.29) is 0 Å². The summed E-state index contributed by atoms with van der Waals surface area (Å²) in [6.45, 7) is 6.11. The van der Waals surface area contributed by atoms with Crippen molar-refractivity contribution in [2.75, 3.05) is 11.1 Å². The summed E-state index contributed by atoms with van der Waals surface area (Å²) in [4.78, 5) is 21.3. The Morgan fingerprint density at radius 3 is 2.69 bits per heavy atom. The average molecular weight is 446 g/mol. The van der Waals surface area contributed by atoms with Crippen LogP contribution in [-0.2, 0) is 0 Å². The number of thioether (sulfide) groups is 1. The topological polar surface area (TPSA) is 111 Å². The molecule has 2 aromatic carbocycles. The number of H-pyrrole nitrogens is 1. The van der Waals surface area contributed by atoms with E-state index >= 15 is 0 Å². The molecule has 1 aliphatic rings. The fourth-order valence-electron chi connectivity index (χ4n) is 3.57. The number of hydrogen-bond acceptors (Lipinski definition) is 8. The number of guanidine groups is 1. The number of hydrogen-bond donors (Lipinski definition) is 4. The molecule has 1 unspecified atom stereocenters. The van der Waals surface area contributed by atoms with Crippen molar-refractivity contribution in [2.24, 2.45) is 4.99 Å². The van der Waals surface area contributed by atoms with Crippen molar-refractivity contribution < 1.29 is 5.11 Å². The van der Waals surface area contributed by atoms with Crippen molar-refractivity contribution in [3.63, 3.8) is 0 Å². The number of anilines is 1. The number of aromatic amines is 1. The zero-order valence-corrected chi connectivity index (χ0v) is 18.8. The van der Waals surface area contributed by atoms with Crippen LogP contribution in [0.15, 0.2) is 58.3 Å². The minimum atomic E-state index is -0.948. The quantitative estimate of drug-likeness (QED) is 0.354. The van der Waals surface area contributed by atoms with Gasteiger partial charge in [0.05, 0.1) is 22.2 Å². The molecule has 0 amide bonds. The van der Waals surface area contributed by atoms with Crippen LogP contribution in [0.5, 0.6) is 0 Å². The third-order valence-corrected chi connectivity index (χ3v) is 6.28. The smallest absolute Gasteiger partial charge is 0.230 e. The fraction of sp³-hybridized carbons (Fsp3) is 0.217. The zero-order valence-electron chi connectivity index (χ0n) is 18.0. The predicted octanol–water partition coefficient (Wildman–Crippen LogP) is 3.80. The zero-order chi connectivity index (χ0) is 22.2. The highest BCUT2D eigenvalue weighted by molar-refractivity contribution is 7.99. The van der Waals surface area contributed by atoms with Gasteiger partial charge in [0.1, 0.15) is 0 Å². The van der Waals surface area contributed by atoms with Gasteiger partial charge in [-0.2, -0.15) is 0 Å². The van der Waals surface area contributed by atoms with Crippen LogP contribution in [0.4, 0.5) is 5.95 Å². The second-order valence-electron chi connectivity index (χ2n) is 7.77. The van der Waals surface area contributed by atoms with Crippen molar-refractivity contribution in [2.45, 2.75) is 32.2 Å². The Kier molecular flexibility index (Phi) is 5.28. The summed E-state index contributed by atoms with van der Waals surface area (Å²) in [6, 6.07) is 12.1. The number of aliphatic imine (C=N–C) groups is 1. The number of aliphatic hydroxyl groups excluding tert-OH is 1. The van der Waals surface area contributed by atoms with E-state index in [1.165, 1.54) is 11.1 Å². The summed E-state index contributed by atoms with van der Waals surface area (Å²) in [5.41, 5.74) is 6.90. The van der Waals surface area contributed by atoms with Crippen LogP contribution in [0.1, 0.15) is 16.8 Å². The number of aromatic nitrogens is 4. The summed E-state index contributed by atoms with van der Waals surface area (Å²) in [6.07, 6.45) is 0.732. The van der Waals surface area contributed by atoms with Gasteiger partial charge in [-0.15, -0.1) is 0 Å². The Morgan fingerprint density at radius 1 is 1.03 bits per heavy atom. The monoisotopic (exact) mass is 445 g/mol. The van der Waals surface area contributed by atoms with E-state index < -0.39 is 6.23 Å². The van der Waals surface area contributed by atoms with Gasteiger partial charge in [-0.3, -0.25) is 5.32 Å². The van der Waals surface area contributed by atoms with E-state index in [0.29, 0.717) is 17.7 Å². The van der Waals surface area contributed by atoms with Gasteiger partial charge < -0.3 is 15.4 Å². The molecule has 0 aliphatic carbocycles. The minimum absolute atomic E-state index is 0.405. The van der Waals surface area contributed by atoms with Crippen LogP contribution < -0.4 is 10.6 Å². The Labute approximate surface area is 189 Å². The van der Waals surface area contributed by atoms with Crippen LogP contribution in [0.2, 0.25) is 0 Å². The van der Waals surface area contributed by atoms with Crippen LogP contribution >= 0.6 is 11.8 Å². The number of rotatable bonds is 4. The molecule has 4 aromatic rings. The number of imidazole rings is 1. The number of para-hydroxylation sites is 2. The van der Waals surface area contributed by atoms with Crippen molar-refractivity contribution in [1.82, 2.24) is 25.3 Å². The predicted molar refractivity (Wildman–Crippen MR) is 129 cm³/mol. The minimum Gasteiger partial charge on any atom is -0.368 e. The molecule has 0 spiro atoms. The molecule has 0 saturated heterocycles. The largest absolute Gasteiger partial charge is 0.368 e. The molecule has 4 N–H and O–H groups in total. The van der Waals surface area contributed by atoms with Crippen LogP contribution in [0.3, 0.4) is 0 Å². The Balaban J connectivity index is 1.30. The molecule has 9 heteroatoms. The SMILES string of the molecule is Cc1cc2nc(NC3=NC(O)C=C(CSc4nc5ccccc5[nH]4)N3)nc(C)c2cc1C. The number of nitrogens with zero attached hydrogens (tertiary/aromatic N) is 4. The molecule has 2 aromatic heterocycles. The number of aryl methyl sites for hydroxylation is 3. The highest BCUT2D eigenvalue weighted by Crippen LogP contribution is 2.23. The molecular formula is C23H23N7OS. The molecule has 0 saturated carbocycles. The first-order chi connectivity index (χ1) is 15.4. The van der Waals surface area contributed by atoms with Crippen molar-refractivity contribution in [3.8, 4) is 0 Å². The normalized spacial score (nSPS) is 16.1. The van der Waals surface area contributed by atoms with Gasteiger partial charge in [0.2, 0.25) is 11.9 Å². The van der Waals surface area contributed by atoms with Crippen LogP contribution in [0, 0.1) is 20.8 Å². The number of aliphatic hydroxyl groups is 1. The lowest BCUT2D eigenvalue weighted by atomic mass is 10.1. The molecule has 1 aliphatic heterocycles. The summed E-state index contributed by atoms with van der Waals surface area (Å²) < 4.78 is 0. The highest BCUT2D eigenvalue weighted by Gasteiger charge is 2.16. The number of nitrogens with one attached hydrogen (secondary N) is 3. The van der Waals surface area contributed by atoms with Gasteiger partial charge in [0.15, 0.2) is 11.4 Å². The van der Waals surface area contributed by atoms with Gasteiger partial charge in [-0.25, -0.2) is 19.9 Å². The van der Waals surface area contributed by atoms with E-state index in [0.717, 1.165) is 38.5 Å².